The zero-order valence-electron chi connectivity index (χ0n) is 12.5. The highest BCUT2D eigenvalue weighted by Gasteiger charge is 2.21. The number of benzene rings is 1. The van der Waals surface area contributed by atoms with E-state index in [1.54, 1.807) is 6.07 Å². The second kappa shape index (κ2) is 5.49. The summed E-state index contributed by atoms with van der Waals surface area (Å²) in [4.78, 5) is 2.15. The average molecular weight is 264 g/mol. The van der Waals surface area contributed by atoms with Crippen LogP contribution in [0.25, 0.3) is 0 Å². The smallest absolute Gasteiger partial charge is 0.146 e. The molecule has 2 nitrogen and oxygen atoms in total. The van der Waals surface area contributed by atoms with Crippen LogP contribution >= 0.6 is 0 Å². The molecule has 1 N–H and O–H groups in total. The first kappa shape index (κ1) is 14.3. The van der Waals surface area contributed by atoms with Gasteiger partial charge in [0, 0.05) is 25.2 Å². The lowest BCUT2D eigenvalue weighted by atomic mass is 10.1. The van der Waals surface area contributed by atoms with Gasteiger partial charge in [0.15, 0.2) is 0 Å². The SMILES string of the molecule is CC1CCN(c2ccc(CNC(C)(C)C)cc2F)C1. The van der Waals surface area contributed by atoms with Crippen molar-refractivity contribution in [3.63, 3.8) is 0 Å². The molecule has 0 saturated carbocycles. The predicted octanol–water partition coefficient (Wildman–Crippen LogP) is 3.56. The van der Waals surface area contributed by atoms with E-state index in [0.29, 0.717) is 12.5 Å². The van der Waals surface area contributed by atoms with Crippen LogP contribution in [0.2, 0.25) is 0 Å². The van der Waals surface area contributed by atoms with Crippen LogP contribution in [0, 0.1) is 11.7 Å². The lowest BCUT2D eigenvalue weighted by Crippen LogP contribution is -2.35. The van der Waals surface area contributed by atoms with Gasteiger partial charge in [-0.05, 0) is 50.8 Å². The Labute approximate surface area is 116 Å². The van der Waals surface area contributed by atoms with Gasteiger partial charge in [-0.15, -0.1) is 0 Å². The molecule has 1 aliphatic heterocycles. The van der Waals surface area contributed by atoms with Gasteiger partial charge in [-0.1, -0.05) is 13.0 Å². The zero-order valence-corrected chi connectivity index (χ0v) is 12.5. The van der Waals surface area contributed by atoms with Crippen molar-refractivity contribution < 1.29 is 4.39 Å². The summed E-state index contributed by atoms with van der Waals surface area (Å²) in [5.41, 5.74) is 1.81. The van der Waals surface area contributed by atoms with Crippen LogP contribution in [0.3, 0.4) is 0 Å². The normalized spacial score (nSPS) is 20.1. The van der Waals surface area contributed by atoms with E-state index in [1.165, 1.54) is 0 Å². The average Bonchev–Trinajstić information content (AvgIpc) is 2.72. The minimum absolute atomic E-state index is 0.0551. The van der Waals surface area contributed by atoms with Crippen LogP contribution in [0.1, 0.15) is 39.7 Å². The Morgan fingerprint density at radius 3 is 2.63 bits per heavy atom. The molecule has 0 aromatic heterocycles. The fourth-order valence-electron chi connectivity index (χ4n) is 2.44. The number of hydrogen-bond acceptors (Lipinski definition) is 2. The van der Waals surface area contributed by atoms with Crippen LogP contribution in [0.4, 0.5) is 10.1 Å². The number of rotatable bonds is 3. The van der Waals surface area contributed by atoms with E-state index in [4.69, 9.17) is 0 Å². The summed E-state index contributed by atoms with van der Waals surface area (Å²) in [6.45, 7) is 11.2. The molecule has 0 radical (unpaired) electrons. The van der Waals surface area contributed by atoms with Gasteiger partial charge in [0.25, 0.3) is 0 Å². The molecular weight excluding hydrogens is 239 g/mol. The van der Waals surface area contributed by atoms with E-state index in [2.05, 4.69) is 37.9 Å². The van der Waals surface area contributed by atoms with Crippen LogP contribution in [-0.4, -0.2) is 18.6 Å². The van der Waals surface area contributed by atoms with E-state index in [1.807, 2.05) is 12.1 Å². The highest BCUT2D eigenvalue weighted by Crippen LogP contribution is 2.26. The second-order valence-electron chi connectivity index (χ2n) is 6.73. The molecular formula is C16H25FN2. The van der Waals surface area contributed by atoms with Gasteiger partial charge < -0.3 is 10.2 Å². The molecule has 1 aliphatic rings. The van der Waals surface area contributed by atoms with Gasteiger partial charge >= 0.3 is 0 Å². The summed E-state index contributed by atoms with van der Waals surface area (Å²) in [6, 6.07) is 5.62. The van der Waals surface area contributed by atoms with Crippen molar-refractivity contribution in [1.82, 2.24) is 5.32 Å². The van der Waals surface area contributed by atoms with E-state index in [0.717, 1.165) is 30.8 Å². The summed E-state index contributed by atoms with van der Waals surface area (Å²) in [6.07, 6.45) is 1.16. The molecule has 0 aliphatic carbocycles. The van der Waals surface area contributed by atoms with Gasteiger partial charge in [0.2, 0.25) is 0 Å². The third kappa shape index (κ3) is 3.93. The Hall–Kier alpha value is -1.09. The van der Waals surface area contributed by atoms with Crippen molar-refractivity contribution in [2.75, 3.05) is 18.0 Å². The van der Waals surface area contributed by atoms with Crippen LogP contribution in [-0.2, 0) is 6.54 Å². The summed E-state index contributed by atoms with van der Waals surface area (Å²) in [7, 11) is 0. The quantitative estimate of drug-likeness (QED) is 0.898. The maximum absolute atomic E-state index is 14.2. The predicted molar refractivity (Wildman–Crippen MR) is 79.0 cm³/mol. The number of nitrogens with one attached hydrogen (secondary N) is 1. The van der Waals surface area contributed by atoms with Crippen molar-refractivity contribution in [2.45, 2.75) is 46.2 Å². The maximum Gasteiger partial charge on any atom is 0.146 e. The Morgan fingerprint density at radius 1 is 1.37 bits per heavy atom. The summed E-state index contributed by atoms with van der Waals surface area (Å²) < 4.78 is 14.2. The fourth-order valence-corrected chi connectivity index (χ4v) is 2.44. The molecule has 1 atom stereocenters. The van der Waals surface area contributed by atoms with E-state index in [-0.39, 0.29) is 11.4 Å². The van der Waals surface area contributed by atoms with Gasteiger partial charge in [0.1, 0.15) is 5.82 Å². The zero-order chi connectivity index (χ0) is 14.0. The largest absolute Gasteiger partial charge is 0.369 e. The molecule has 1 aromatic rings. The first-order valence-corrected chi connectivity index (χ1v) is 7.13. The van der Waals surface area contributed by atoms with Gasteiger partial charge in [-0.2, -0.15) is 0 Å². The molecule has 106 valence electrons. The summed E-state index contributed by atoms with van der Waals surface area (Å²) in [5, 5.41) is 3.38. The third-order valence-corrected chi connectivity index (χ3v) is 3.60. The van der Waals surface area contributed by atoms with Crippen molar-refractivity contribution in [3.05, 3.63) is 29.6 Å². The molecule has 0 amide bonds. The minimum Gasteiger partial charge on any atom is -0.369 e. The van der Waals surface area contributed by atoms with Gasteiger partial charge in [0.05, 0.1) is 5.69 Å². The molecule has 0 spiro atoms. The Bertz CT molecular complexity index is 437. The Kier molecular flexibility index (Phi) is 4.14. The van der Waals surface area contributed by atoms with Crippen molar-refractivity contribution in [3.8, 4) is 0 Å². The topological polar surface area (TPSA) is 15.3 Å². The van der Waals surface area contributed by atoms with Crippen molar-refractivity contribution in [2.24, 2.45) is 5.92 Å². The van der Waals surface area contributed by atoms with Gasteiger partial charge in [-0.3, -0.25) is 0 Å². The Balaban J connectivity index is 2.05. The van der Waals surface area contributed by atoms with Gasteiger partial charge in [-0.25, -0.2) is 4.39 Å². The number of halogens is 1. The molecule has 0 bridgehead atoms. The monoisotopic (exact) mass is 264 g/mol. The minimum atomic E-state index is -0.0951. The first-order chi connectivity index (χ1) is 8.85. The molecule has 19 heavy (non-hydrogen) atoms. The highest BCUT2D eigenvalue weighted by atomic mass is 19.1. The standard InChI is InChI=1S/C16H25FN2/c1-12-7-8-19(11-12)15-6-5-13(9-14(15)17)10-18-16(2,3)4/h5-6,9,12,18H,7-8,10-11H2,1-4H3. The number of hydrogen-bond donors (Lipinski definition) is 1. The first-order valence-electron chi connectivity index (χ1n) is 7.13. The maximum atomic E-state index is 14.2. The van der Waals surface area contributed by atoms with Crippen molar-refractivity contribution >= 4 is 5.69 Å². The second-order valence-corrected chi connectivity index (χ2v) is 6.73. The van der Waals surface area contributed by atoms with E-state index in [9.17, 15) is 4.39 Å². The lowest BCUT2D eigenvalue weighted by molar-refractivity contribution is 0.423. The van der Waals surface area contributed by atoms with Crippen LogP contribution < -0.4 is 10.2 Å². The molecule has 2 rings (SSSR count). The molecule has 3 heteroatoms. The summed E-state index contributed by atoms with van der Waals surface area (Å²) >= 11 is 0. The molecule has 1 fully saturated rings. The lowest BCUT2D eigenvalue weighted by Gasteiger charge is -2.22. The molecule has 1 saturated heterocycles. The molecule has 1 unspecified atom stereocenters. The van der Waals surface area contributed by atoms with E-state index >= 15 is 0 Å². The molecule has 1 heterocycles. The highest BCUT2D eigenvalue weighted by molar-refractivity contribution is 5.50. The number of nitrogens with zero attached hydrogens (tertiary/aromatic N) is 1. The fraction of sp³-hybridized carbons (Fsp3) is 0.625. The van der Waals surface area contributed by atoms with Crippen molar-refractivity contribution in [1.29, 1.82) is 0 Å². The van der Waals surface area contributed by atoms with Crippen LogP contribution in [0.15, 0.2) is 18.2 Å². The molecule has 1 aromatic carbocycles. The van der Waals surface area contributed by atoms with Crippen LogP contribution in [0.5, 0.6) is 0 Å². The Morgan fingerprint density at radius 2 is 2.11 bits per heavy atom. The van der Waals surface area contributed by atoms with E-state index < -0.39 is 0 Å². The summed E-state index contributed by atoms with van der Waals surface area (Å²) in [5.74, 6) is 0.573. The number of anilines is 1. The third-order valence-electron chi connectivity index (χ3n) is 3.60.